The average Bonchev–Trinajstić information content (AvgIpc) is 3.13. The van der Waals surface area contributed by atoms with Crippen LogP contribution in [0, 0.1) is 5.92 Å². The maximum Gasteiger partial charge on any atom is 0.240 e. The third-order valence-corrected chi connectivity index (χ3v) is 5.22. The van der Waals surface area contributed by atoms with Crippen LogP contribution in [-0.2, 0) is 19.2 Å². The molecule has 2 saturated heterocycles. The number of fused-ring (bicyclic) bond motifs is 1. The van der Waals surface area contributed by atoms with Crippen molar-refractivity contribution < 1.29 is 19.2 Å². The van der Waals surface area contributed by atoms with Crippen LogP contribution in [0.1, 0.15) is 46.0 Å². The molecule has 2 aliphatic rings. The summed E-state index contributed by atoms with van der Waals surface area (Å²) < 4.78 is 0. The predicted molar refractivity (Wildman–Crippen MR) is 91.1 cm³/mol. The van der Waals surface area contributed by atoms with Crippen LogP contribution in [0.5, 0.6) is 0 Å². The molecule has 0 aromatic heterocycles. The highest BCUT2D eigenvalue weighted by molar-refractivity contribution is 5.98. The van der Waals surface area contributed by atoms with Crippen molar-refractivity contribution in [3.63, 3.8) is 0 Å². The average molecular weight is 352 g/mol. The van der Waals surface area contributed by atoms with Crippen molar-refractivity contribution in [1.82, 2.24) is 9.80 Å². The molecule has 3 amide bonds. The molecule has 0 radical (unpaired) electrons. The fourth-order valence-corrected chi connectivity index (χ4v) is 3.66. The fourth-order valence-electron chi connectivity index (χ4n) is 3.66. The van der Waals surface area contributed by atoms with Gasteiger partial charge in [0.2, 0.25) is 17.7 Å². The Morgan fingerprint density at radius 1 is 1.24 bits per heavy atom. The monoisotopic (exact) mass is 352 g/mol. The summed E-state index contributed by atoms with van der Waals surface area (Å²) in [5.41, 5.74) is 11.1. The van der Waals surface area contributed by atoms with Gasteiger partial charge in [-0.15, -0.1) is 0 Å². The third kappa shape index (κ3) is 4.00. The highest BCUT2D eigenvalue weighted by Crippen LogP contribution is 2.31. The van der Waals surface area contributed by atoms with Gasteiger partial charge in [0.25, 0.3) is 0 Å². The minimum absolute atomic E-state index is 0.0209. The highest BCUT2D eigenvalue weighted by Gasteiger charge is 2.51. The lowest BCUT2D eigenvalue weighted by atomic mass is 10.0. The van der Waals surface area contributed by atoms with Crippen LogP contribution >= 0.6 is 0 Å². The lowest BCUT2D eigenvalue weighted by Crippen LogP contribution is -2.47. The van der Waals surface area contributed by atoms with Gasteiger partial charge < -0.3 is 21.3 Å². The van der Waals surface area contributed by atoms with Gasteiger partial charge >= 0.3 is 0 Å². The van der Waals surface area contributed by atoms with Crippen molar-refractivity contribution in [2.75, 3.05) is 13.1 Å². The molecule has 0 aromatic rings. The molecule has 4 N–H and O–H groups in total. The van der Waals surface area contributed by atoms with Crippen molar-refractivity contribution in [3.05, 3.63) is 0 Å². The Balaban J connectivity index is 2.01. The van der Waals surface area contributed by atoms with Gasteiger partial charge in [0, 0.05) is 18.9 Å². The number of likely N-dealkylation sites (tertiary alicyclic amines) is 2. The molecule has 0 aliphatic carbocycles. The first-order valence-corrected chi connectivity index (χ1v) is 8.95. The number of ketones is 1. The van der Waals surface area contributed by atoms with E-state index >= 15 is 0 Å². The van der Waals surface area contributed by atoms with Gasteiger partial charge in [-0.2, -0.15) is 0 Å². The Hall–Kier alpha value is -1.96. The van der Waals surface area contributed by atoms with E-state index in [4.69, 9.17) is 11.5 Å². The maximum absolute atomic E-state index is 12.5. The number of carbonyl (C=O) groups excluding carboxylic acids is 4. The number of hydrogen-bond donors (Lipinski definition) is 2. The molecule has 0 saturated carbocycles. The van der Waals surface area contributed by atoms with E-state index in [1.54, 1.807) is 16.7 Å². The predicted octanol–water partition coefficient (Wildman–Crippen LogP) is -0.604. The van der Waals surface area contributed by atoms with E-state index in [1.807, 2.05) is 6.92 Å². The van der Waals surface area contributed by atoms with Gasteiger partial charge in [-0.3, -0.25) is 19.2 Å². The Morgan fingerprint density at radius 3 is 2.52 bits per heavy atom. The van der Waals surface area contributed by atoms with Crippen LogP contribution in [0.25, 0.3) is 0 Å². The lowest BCUT2D eigenvalue weighted by molar-refractivity contribution is -0.136. The first-order valence-electron chi connectivity index (χ1n) is 8.95. The molecule has 0 spiro atoms. The van der Waals surface area contributed by atoms with Crippen molar-refractivity contribution in [1.29, 1.82) is 0 Å². The number of rotatable bonds is 7. The molecule has 4 atom stereocenters. The number of Topliss-reactive ketones (excluding diaryl/α,β-unsaturated/α-hetero) is 1. The first kappa shape index (κ1) is 19.4. The molecule has 8 heteroatoms. The number of amides is 3. The Kier molecular flexibility index (Phi) is 6.16. The number of nitrogens with zero attached hydrogens (tertiary/aromatic N) is 2. The summed E-state index contributed by atoms with van der Waals surface area (Å²) in [5, 5.41) is 0. The molecule has 2 rings (SSSR count). The van der Waals surface area contributed by atoms with Gasteiger partial charge in [0.1, 0.15) is 6.04 Å². The minimum Gasteiger partial charge on any atom is -0.369 e. The molecule has 0 aromatic carbocycles. The zero-order chi connectivity index (χ0) is 18.7. The first-order chi connectivity index (χ1) is 11.8. The van der Waals surface area contributed by atoms with Crippen molar-refractivity contribution in [3.8, 4) is 0 Å². The standard InChI is InChI=1S/C17H28N4O4/c1-3-4-11(18)17(25)21-9-13(22)15-12(21)7-8-20(15)14(23)6-5-10(2)16(19)24/h10-12,15H,3-9,18H2,1-2H3,(H2,19,24). The summed E-state index contributed by atoms with van der Waals surface area (Å²) in [6, 6.07) is -1.45. The molecule has 4 unspecified atom stereocenters. The number of primary amides is 1. The molecule has 8 nitrogen and oxygen atoms in total. The molecular weight excluding hydrogens is 324 g/mol. The molecular formula is C17H28N4O4. The minimum atomic E-state index is -0.599. The summed E-state index contributed by atoms with van der Waals surface area (Å²) in [4.78, 5) is 51.6. The Morgan fingerprint density at radius 2 is 1.92 bits per heavy atom. The van der Waals surface area contributed by atoms with Gasteiger partial charge in [0.15, 0.2) is 5.78 Å². The Labute approximate surface area is 147 Å². The van der Waals surface area contributed by atoms with E-state index in [0.717, 1.165) is 6.42 Å². The van der Waals surface area contributed by atoms with Gasteiger partial charge in [-0.1, -0.05) is 20.3 Å². The topological polar surface area (TPSA) is 127 Å². The second-order valence-corrected chi connectivity index (χ2v) is 7.06. The van der Waals surface area contributed by atoms with Crippen LogP contribution in [-0.4, -0.2) is 64.5 Å². The van der Waals surface area contributed by atoms with Crippen LogP contribution in [0.3, 0.4) is 0 Å². The highest BCUT2D eigenvalue weighted by atomic mass is 16.2. The SMILES string of the molecule is CCCC(N)C(=O)N1CC(=O)C2C1CCN2C(=O)CCC(C)C(N)=O. The second-order valence-electron chi connectivity index (χ2n) is 7.06. The molecule has 2 fully saturated rings. The zero-order valence-corrected chi connectivity index (χ0v) is 14.9. The van der Waals surface area contributed by atoms with Gasteiger partial charge in [-0.05, 0) is 19.3 Å². The van der Waals surface area contributed by atoms with E-state index in [1.165, 1.54) is 0 Å². The van der Waals surface area contributed by atoms with Crippen molar-refractivity contribution in [2.24, 2.45) is 17.4 Å². The van der Waals surface area contributed by atoms with Gasteiger partial charge in [0.05, 0.1) is 18.6 Å². The molecule has 2 aliphatic heterocycles. The van der Waals surface area contributed by atoms with Crippen molar-refractivity contribution >= 4 is 23.5 Å². The van der Waals surface area contributed by atoms with E-state index in [2.05, 4.69) is 0 Å². The van der Waals surface area contributed by atoms with Crippen LogP contribution in [0.15, 0.2) is 0 Å². The van der Waals surface area contributed by atoms with Crippen LogP contribution < -0.4 is 11.5 Å². The maximum atomic E-state index is 12.5. The lowest BCUT2D eigenvalue weighted by Gasteiger charge is -2.26. The van der Waals surface area contributed by atoms with E-state index < -0.39 is 18.0 Å². The molecule has 25 heavy (non-hydrogen) atoms. The fraction of sp³-hybridized carbons (Fsp3) is 0.765. The quantitative estimate of drug-likeness (QED) is 0.632. The molecule has 2 heterocycles. The normalized spacial score (nSPS) is 25.0. The van der Waals surface area contributed by atoms with E-state index in [0.29, 0.717) is 25.8 Å². The summed E-state index contributed by atoms with van der Waals surface area (Å²) in [5.74, 6) is -1.31. The second kappa shape index (κ2) is 7.95. The summed E-state index contributed by atoms with van der Waals surface area (Å²) in [6.07, 6.45) is 2.49. The van der Waals surface area contributed by atoms with Crippen LogP contribution in [0.2, 0.25) is 0 Å². The molecule has 140 valence electrons. The summed E-state index contributed by atoms with van der Waals surface area (Å²) >= 11 is 0. The van der Waals surface area contributed by atoms with Crippen molar-refractivity contribution in [2.45, 2.75) is 64.1 Å². The number of carbonyl (C=O) groups is 4. The van der Waals surface area contributed by atoms with E-state index in [9.17, 15) is 19.2 Å². The van der Waals surface area contributed by atoms with E-state index in [-0.39, 0.29) is 42.5 Å². The largest absolute Gasteiger partial charge is 0.369 e. The zero-order valence-electron chi connectivity index (χ0n) is 14.9. The number of hydrogen-bond acceptors (Lipinski definition) is 5. The van der Waals surface area contributed by atoms with Crippen LogP contribution in [0.4, 0.5) is 0 Å². The summed E-state index contributed by atoms with van der Waals surface area (Å²) in [7, 11) is 0. The van der Waals surface area contributed by atoms with Gasteiger partial charge in [-0.25, -0.2) is 0 Å². The molecule has 0 bridgehead atoms. The smallest absolute Gasteiger partial charge is 0.240 e. The summed E-state index contributed by atoms with van der Waals surface area (Å²) in [6.45, 7) is 4.09. The third-order valence-electron chi connectivity index (χ3n) is 5.22. The Bertz CT molecular complexity index is 565. The number of nitrogens with two attached hydrogens (primary N) is 2.